The van der Waals surface area contributed by atoms with Gasteiger partial charge in [0.25, 0.3) is 0 Å². The third-order valence-electron chi connectivity index (χ3n) is 4.62. The second-order valence-electron chi connectivity index (χ2n) is 7.01. The van der Waals surface area contributed by atoms with Crippen LogP contribution >= 0.6 is 0 Å². The van der Waals surface area contributed by atoms with Crippen LogP contribution in [0.3, 0.4) is 0 Å². The van der Waals surface area contributed by atoms with E-state index in [1.807, 2.05) is 24.3 Å². The minimum atomic E-state index is -4.02. The molecule has 0 aliphatic heterocycles. The van der Waals surface area contributed by atoms with Crippen molar-refractivity contribution in [3.63, 3.8) is 0 Å². The van der Waals surface area contributed by atoms with Crippen LogP contribution in [-0.4, -0.2) is 36.8 Å². The van der Waals surface area contributed by atoms with E-state index in [1.54, 1.807) is 6.92 Å². The molecule has 0 amide bonds. The summed E-state index contributed by atoms with van der Waals surface area (Å²) in [4.78, 5) is -0.279. The number of nitrogens with two attached hydrogens (primary N) is 1. The number of nitrogens with one attached hydrogen (secondary N) is 1. The third-order valence-corrected chi connectivity index (χ3v) is 6.49. The summed E-state index contributed by atoms with van der Waals surface area (Å²) in [6.45, 7) is 6.10. The molecule has 2 aromatic carbocycles. The van der Waals surface area contributed by atoms with Crippen LogP contribution in [-0.2, 0) is 16.4 Å². The number of hydrogen-bond donors (Lipinski definition) is 3. The number of benzene rings is 2. The number of nitrogen functional groups attached to an aromatic ring is 1. The highest BCUT2D eigenvalue weighted by atomic mass is 32.2. The van der Waals surface area contributed by atoms with Gasteiger partial charge in [0.05, 0.1) is 6.54 Å². The number of hydrogen-bond acceptors (Lipinski definition) is 4. The van der Waals surface area contributed by atoms with Gasteiger partial charge in [-0.3, -0.25) is 5.41 Å². The largest absolute Gasteiger partial charge is 0.507 e. The van der Waals surface area contributed by atoms with E-state index >= 15 is 0 Å². The summed E-state index contributed by atoms with van der Waals surface area (Å²) >= 11 is 0. The zero-order valence-electron chi connectivity index (χ0n) is 16.9. The molecule has 4 N–H and O–H groups in total. The van der Waals surface area contributed by atoms with Gasteiger partial charge in [-0.25, -0.2) is 8.42 Å². The lowest BCUT2D eigenvalue weighted by Crippen LogP contribution is -2.33. The zero-order chi connectivity index (χ0) is 21.6. The van der Waals surface area contributed by atoms with Crippen LogP contribution in [0.25, 0.3) is 0 Å². The van der Waals surface area contributed by atoms with E-state index in [4.69, 9.17) is 11.1 Å². The predicted molar refractivity (Wildman–Crippen MR) is 116 cm³/mol. The summed E-state index contributed by atoms with van der Waals surface area (Å²) in [5.41, 5.74) is 7.94. The summed E-state index contributed by atoms with van der Waals surface area (Å²) in [7, 11) is -4.02. The fraction of sp³-hybridized carbons (Fsp3) is 0.318. The number of rotatable bonds is 8. The molecule has 0 radical (unpaired) electrons. The molecule has 2 aromatic rings. The van der Waals surface area contributed by atoms with E-state index in [0.717, 1.165) is 5.56 Å². The zero-order valence-corrected chi connectivity index (χ0v) is 17.8. The van der Waals surface area contributed by atoms with E-state index in [9.17, 15) is 13.5 Å². The molecule has 0 fully saturated rings. The van der Waals surface area contributed by atoms with E-state index in [0.29, 0.717) is 12.3 Å². The number of nitrogens with zero attached hydrogens (tertiary/aromatic N) is 1. The van der Waals surface area contributed by atoms with Gasteiger partial charge in [0, 0.05) is 12.1 Å². The summed E-state index contributed by atoms with van der Waals surface area (Å²) in [6.07, 6.45) is 0.510. The molecular weight excluding hydrogens is 386 g/mol. The summed E-state index contributed by atoms with van der Waals surface area (Å²) in [5, 5.41) is 17.7. The molecule has 29 heavy (non-hydrogen) atoms. The molecule has 2 rings (SSSR count). The molecule has 0 saturated heterocycles. The van der Waals surface area contributed by atoms with Gasteiger partial charge in [0.2, 0.25) is 10.0 Å². The molecule has 7 heteroatoms. The highest BCUT2D eigenvalue weighted by Crippen LogP contribution is 2.27. The van der Waals surface area contributed by atoms with Crippen molar-refractivity contribution in [1.29, 1.82) is 5.41 Å². The summed E-state index contributed by atoms with van der Waals surface area (Å²) < 4.78 is 27.6. The molecule has 0 aromatic heterocycles. The van der Waals surface area contributed by atoms with Crippen LogP contribution in [0.4, 0.5) is 0 Å². The average Bonchev–Trinajstić information content (AvgIpc) is 2.68. The monoisotopic (exact) mass is 413 g/mol. The predicted octanol–water partition coefficient (Wildman–Crippen LogP) is 3.06. The first-order valence-electron chi connectivity index (χ1n) is 9.32. The van der Waals surface area contributed by atoms with Crippen LogP contribution in [0.5, 0.6) is 5.75 Å². The molecule has 154 valence electrons. The Kier molecular flexibility index (Phi) is 7.43. The first-order valence-corrected chi connectivity index (χ1v) is 10.8. The van der Waals surface area contributed by atoms with Crippen molar-refractivity contribution >= 4 is 15.9 Å². The van der Waals surface area contributed by atoms with Crippen molar-refractivity contribution in [1.82, 2.24) is 4.31 Å². The standard InChI is InChI=1S/C22H27N3O3S/c1-4-5-13-25(14-12-17-6-8-18(9-7-17)16(2)3)29(27,28)21-15-19(22(23)24)10-11-20(21)26/h6-11,15-16,26H,12-14H2,1-3H3,(H3,23,24). The van der Waals surface area contributed by atoms with Gasteiger partial charge < -0.3 is 10.8 Å². The fourth-order valence-corrected chi connectivity index (χ4v) is 4.25. The highest BCUT2D eigenvalue weighted by molar-refractivity contribution is 7.89. The number of sulfonamides is 1. The van der Waals surface area contributed by atoms with Crippen LogP contribution in [0.15, 0.2) is 47.4 Å². The fourth-order valence-electron chi connectivity index (χ4n) is 2.80. The number of phenolic OH excluding ortho intramolecular Hbond substituents is 1. The van der Waals surface area contributed by atoms with Crippen LogP contribution in [0, 0.1) is 17.3 Å². The van der Waals surface area contributed by atoms with Crippen molar-refractivity contribution < 1.29 is 13.5 Å². The van der Waals surface area contributed by atoms with Gasteiger partial charge in [0.1, 0.15) is 16.5 Å². The average molecular weight is 414 g/mol. The quantitative estimate of drug-likeness (QED) is 0.351. The molecule has 0 aliphatic carbocycles. The van der Waals surface area contributed by atoms with Gasteiger partial charge in [-0.1, -0.05) is 44.0 Å². The normalized spacial score (nSPS) is 11.3. The van der Waals surface area contributed by atoms with Gasteiger partial charge in [0.15, 0.2) is 0 Å². The van der Waals surface area contributed by atoms with Crippen LogP contribution < -0.4 is 5.73 Å². The van der Waals surface area contributed by atoms with Gasteiger partial charge in [-0.05, 0) is 48.6 Å². The van der Waals surface area contributed by atoms with Crippen molar-refractivity contribution in [3.8, 4) is 17.6 Å². The number of phenols is 1. The van der Waals surface area contributed by atoms with Gasteiger partial charge >= 0.3 is 0 Å². The Balaban J connectivity index is 2.31. The molecule has 0 saturated carbocycles. The van der Waals surface area contributed by atoms with E-state index in [2.05, 4.69) is 25.7 Å². The van der Waals surface area contributed by atoms with Crippen LogP contribution in [0.1, 0.15) is 43.4 Å². The van der Waals surface area contributed by atoms with Gasteiger partial charge in [-0.2, -0.15) is 4.31 Å². The first-order chi connectivity index (χ1) is 13.7. The minimum Gasteiger partial charge on any atom is -0.507 e. The Bertz CT molecular complexity index is 1030. The Morgan fingerprint density at radius 2 is 1.86 bits per heavy atom. The summed E-state index contributed by atoms with van der Waals surface area (Å²) in [6, 6.07) is 12.0. The van der Waals surface area contributed by atoms with E-state index in [-0.39, 0.29) is 35.1 Å². The maximum absolute atomic E-state index is 13.2. The third kappa shape index (κ3) is 5.59. The Hall–Kier alpha value is -2.82. The molecule has 0 heterocycles. The molecular formula is C22H27N3O3S. The Morgan fingerprint density at radius 3 is 2.41 bits per heavy atom. The molecule has 0 aliphatic rings. The smallest absolute Gasteiger partial charge is 0.247 e. The molecule has 0 unspecified atom stereocenters. The molecule has 0 atom stereocenters. The van der Waals surface area contributed by atoms with Crippen molar-refractivity contribution in [2.45, 2.75) is 38.0 Å². The molecule has 6 nitrogen and oxygen atoms in total. The first kappa shape index (κ1) is 22.5. The van der Waals surface area contributed by atoms with Gasteiger partial charge in [-0.15, -0.1) is 5.92 Å². The van der Waals surface area contributed by atoms with Crippen LogP contribution in [0.2, 0.25) is 0 Å². The second-order valence-corrected chi connectivity index (χ2v) is 8.91. The molecule has 0 spiro atoms. The Morgan fingerprint density at radius 1 is 1.21 bits per heavy atom. The number of amidine groups is 1. The lowest BCUT2D eigenvalue weighted by Gasteiger charge is -2.21. The number of aromatic hydroxyl groups is 1. The lowest BCUT2D eigenvalue weighted by molar-refractivity contribution is 0.431. The SMILES string of the molecule is CC#CCN(CCc1ccc(C(C)C)cc1)S(=O)(=O)c1cc(C(=N)N)ccc1O. The molecule has 0 bridgehead atoms. The van der Waals surface area contributed by atoms with Crippen molar-refractivity contribution in [2.24, 2.45) is 5.73 Å². The lowest BCUT2D eigenvalue weighted by atomic mass is 10.0. The van der Waals surface area contributed by atoms with E-state index < -0.39 is 10.0 Å². The second kappa shape index (κ2) is 9.59. The Labute approximate surface area is 172 Å². The highest BCUT2D eigenvalue weighted by Gasteiger charge is 2.27. The van der Waals surface area contributed by atoms with E-state index in [1.165, 1.54) is 28.1 Å². The minimum absolute atomic E-state index is 0.00660. The maximum Gasteiger partial charge on any atom is 0.247 e. The van der Waals surface area contributed by atoms with Crippen molar-refractivity contribution in [3.05, 3.63) is 59.2 Å². The topological polar surface area (TPSA) is 107 Å². The maximum atomic E-state index is 13.2. The van der Waals surface area contributed by atoms with Crippen molar-refractivity contribution in [2.75, 3.05) is 13.1 Å². The summed E-state index contributed by atoms with van der Waals surface area (Å²) in [5.74, 6) is 5.27.